The van der Waals surface area contributed by atoms with Crippen molar-refractivity contribution in [2.24, 2.45) is 32.7 Å². The molecule has 0 fully saturated rings. The number of nitrogens with zero attached hydrogens (tertiary/aromatic N) is 6. The lowest BCUT2D eigenvalue weighted by atomic mass is 9.74. The number of allylic oxidation sites excluding steroid dienone is 4. The maximum absolute atomic E-state index is 5.45. The van der Waals surface area contributed by atoms with Gasteiger partial charge < -0.3 is 14.4 Å². The van der Waals surface area contributed by atoms with Crippen LogP contribution in [0.25, 0.3) is 32.9 Å². The zero-order valence-corrected chi connectivity index (χ0v) is 34.2. The maximum Gasteiger partial charge on any atom is 0.202 e. The van der Waals surface area contributed by atoms with Gasteiger partial charge in [0.25, 0.3) is 0 Å². The molecule has 0 spiro atoms. The molecule has 286 valence electrons. The molecule has 6 heteroatoms. The summed E-state index contributed by atoms with van der Waals surface area (Å²) in [6.07, 6.45) is 14.4. The van der Waals surface area contributed by atoms with Crippen LogP contribution in [0.3, 0.4) is 0 Å². The summed E-state index contributed by atoms with van der Waals surface area (Å²) in [5, 5.41) is 2.51. The highest BCUT2D eigenvalue weighted by molar-refractivity contribution is 6.15. The number of benzene rings is 4. The Morgan fingerprint density at radius 2 is 1.49 bits per heavy atom. The number of hydrogen-bond acceptors (Lipinski definition) is 5. The number of para-hydroxylation sites is 1. The van der Waals surface area contributed by atoms with Gasteiger partial charge >= 0.3 is 0 Å². The van der Waals surface area contributed by atoms with Crippen LogP contribution in [0.2, 0.25) is 0 Å². The quantitative estimate of drug-likeness (QED) is 0.180. The van der Waals surface area contributed by atoms with E-state index in [0.717, 1.165) is 47.1 Å². The largest absolute Gasteiger partial charge is 0.342 e. The predicted molar refractivity (Wildman–Crippen MR) is 238 cm³/mol. The van der Waals surface area contributed by atoms with E-state index in [1.54, 1.807) is 0 Å². The molecule has 0 amide bonds. The van der Waals surface area contributed by atoms with E-state index in [1.807, 2.05) is 0 Å². The zero-order valence-electron chi connectivity index (χ0n) is 34.2. The molecule has 5 aliphatic rings. The molecule has 57 heavy (non-hydrogen) atoms. The van der Waals surface area contributed by atoms with Crippen molar-refractivity contribution >= 4 is 39.7 Å². The Balaban J connectivity index is 1.04. The SMILES string of the molecule is CC1CC=C(C2=CC(C3=NC(C4=CN(C)C(n5c6ccccc6c6cc7c(cc65)C(C)(C)c5ccccc5-7)N=C4)N(C)C(c4ccccc4)=N3)=CCC2C)C(C)C1. The van der Waals surface area contributed by atoms with Gasteiger partial charge in [0.15, 0.2) is 12.0 Å². The third-order valence-electron chi connectivity index (χ3n) is 13.4. The smallest absolute Gasteiger partial charge is 0.202 e. The molecule has 6 nitrogen and oxygen atoms in total. The molecule has 0 bridgehead atoms. The van der Waals surface area contributed by atoms with E-state index in [-0.39, 0.29) is 17.9 Å². The molecule has 5 aromatic rings. The first kappa shape index (κ1) is 35.6. The molecule has 3 heterocycles. The van der Waals surface area contributed by atoms with Crippen LogP contribution in [0.5, 0.6) is 0 Å². The summed E-state index contributed by atoms with van der Waals surface area (Å²) in [7, 11) is 4.26. The summed E-state index contributed by atoms with van der Waals surface area (Å²) in [4.78, 5) is 20.6. The van der Waals surface area contributed by atoms with Gasteiger partial charge in [0, 0.05) is 59.4 Å². The Hall–Kier alpha value is -5.75. The highest BCUT2D eigenvalue weighted by atomic mass is 15.4. The summed E-state index contributed by atoms with van der Waals surface area (Å²) in [5.74, 6) is 3.47. The molecule has 5 atom stereocenters. The number of hydrogen-bond donors (Lipinski definition) is 0. The molecule has 2 aliphatic heterocycles. The molecule has 0 N–H and O–H groups in total. The number of aliphatic imine (C=N–C) groups is 3. The standard InChI is InChI=1S/C51H52N6/c1-31-21-24-37(33(3)25-31)40-26-35(23-22-32(40)2)47-53-48(34-15-9-8-10-16-34)56(7)49(54-47)36-29-52-50(55(6)30-36)57-45-20-14-12-18-39(45)42-27-41-38-17-11-13-19-43(38)51(4,5)44(41)28-46(42)57/h8-20,23-24,26-33,49-50H,21-22,25H2,1-7H3. The van der Waals surface area contributed by atoms with Gasteiger partial charge in [-0.15, -0.1) is 0 Å². The van der Waals surface area contributed by atoms with Gasteiger partial charge in [-0.3, -0.25) is 0 Å². The normalized spacial score (nSPS) is 25.4. The summed E-state index contributed by atoms with van der Waals surface area (Å²) in [5.41, 5.74) is 13.9. The second-order valence-corrected chi connectivity index (χ2v) is 17.7. The van der Waals surface area contributed by atoms with Gasteiger partial charge in [0.1, 0.15) is 5.84 Å². The van der Waals surface area contributed by atoms with Crippen molar-refractivity contribution < 1.29 is 0 Å². The topological polar surface area (TPSA) is 48.5 Å². The van der Waals surface area contributed by atoms with Gasteiger partial charge in [0.2, 0.25) is 6.29 Å². The molecule has 0 saturated carbocycles. The highest BCUT2D eigenvalue weighted by Gasteiger charge is 2.37. The minimum Gasteiger partial charge on any atom is -0.342 e. The fraction of sp³-hybridized carbons (Fsp3) is 0.314. The lowest BCUT2D eigenvalue weighted by molar-refractivity contribution is 0.260. The van der Waals surface area contributed by atoms with E-state index < -0.39 is 0 Å². The van der Waals surface area contributed by atoms with Crippen LogP contribution in [0.1, 0.15) is 76.9 Å². The van der Waals surface area contributed by atoms with E-state index in [4.69, 9.17) is 15.0 Å². The Labute approximate surface area is 337 Å². The molecule has 1 aromatic heterocycles. The molecular formula is C51H52N6. The van der Waals surface area contributed by atoms with Crippen LogP contribution in [0.15, 0.2) is 153 Å². The fourth-order valence-corrected chi connectivity index (χ4v) is 10.3. The molecule has 0 saturated heterocycles. The molecule has 3 aliphatic carbocycles. The van der Waals surface area contributed by atoms with Gasteiger partial charge in [0.05, 0.1) is 11.0 Å². The van der Waals surface area contributed by atoms with E-state index in [0.29, 0.717) is 11.8 Å². The number of rotatable bonds is 5. The number of fused-ring (bicyclic) bond motifs is 6. The van der Waals surface area contributed by atoms with Crippen LogP contribution < -0.4 is 0 Å². The second-order valence-electron chi connectivity index (χ2n) is 17.7. The maximum atomic E-state index is 5.45. The minimum absolute atomic E-state index is 0.0958. The van der Waals surface area contributed by atoms with Gasteiger partial charge in [-0.2, -0.15) is 0 Å². The van der Waals surface area contributed by atoms with Crippen molar-refractivity contribution in [2.45, 2.75) is 71.8 Å². The zero-order chi connectivity index (χ0) is 39.2. The third kappa shape index (κ3) is 5.70. The molecule has 10 rings (SSSR count). The average molecular weight is 749 g/mol. The summed E-state index contributed by atoms with van der Waals surface area (Å²) < 4.78 is 2.42. The lowest BCUT2D eigenvalue weighted by Gasteiger charge is -2.36. The Morgan fingerprint density at radius 1 is 0.719 bits per heavy atom. The molecule has 5 unspecified atom stereocenters. The van der Waals surface area contributed by atoms with Crippen molar-refractivity contribution in [2.75, 3.05) is 14.1 Å². The van der Waals surface area contributed by atoms with Gasteiger partial charge in [-0.05, 0) is 94.7 Å². The first-order valence-electron chi connectivity index (χ1n) is 20.8. The second kappa shape index (κ2) is 13.4. The number of likely N-dealkylation sites (N-methyl/N-ethyl adjacent to an activating group) is 1. The van der Waals surface area contributed by atoms with Crippen molar-refractivity contribution in [1.82, 2.24) is 14.4 Å². The molecular weight excluding hydrogens is 697 g/mol. The average Bonchev–Trinajstić information content (AvgIpc) is 3.65. The Morgan fingerprint density at radius 3 is 2.30 bits per heavy atom. The van der Waals surface area contributed by atoms with Crippen LogP contribution >= 0.6 is 0 Å². The Bertz CT molecular complexity index is 2680. The van der Waals surface area contributed by atoms with Gasteiger partial charge in [-0.1, -0.05) is 120 Å². The third-order valence-corrected chi connectivity index (χ3v) is 13.4. The van der Waals surface area contributed by atoms with Crippen molar-refractivity contribution in [3.63, 3.8) is 0 Å². The first-order chi connectivity index (χ1) is 27.6. The summed E-state index contributed by atoms with van der Waals surface area (Å²) in [6.45, 7) is 11.8. The molecule has 4 aromatic carbocycles. The molecule has 0 radical (unpaired) electrons. The van der Waals surface area contributed by atoms with E-state index >= 15 is 0 Å². The number of aromatic nitrogens is 1. The van der Waals surface area contributed by atoms with Gasteiger partial charge in [-0.25, -0.2) is 15.0 Å². The fourth-order valence-electron chi connectivity index (χ4n) is 10.3. The number of amidine groups is 2. The monoisotopic (exact) mass is 748 g/mol. The predicted octanol–water partition coefficient (Wildman–Crippen LogP) is 11.5. The van der Waals surface area contributed by atoms with Crippen LogP contribution in [-0.4, -0.2) is 52.5 Å². The van der Waals surface area contributed by atoms with Crippen molar-refractivity contribution in [1.29, 1.82) is 0 Å². The van der Waals surface area contributed by atoms with E-state index in [9.17, 15) is 0 Å². The van der Waals surface area contributed by atoms with E-state index in [1.165, 1.54) is 61.6 Å². The van der Waals surface area contributed by atoms with E-state index in [2.05, 4.69) is 185 Å². The van der Waals surface area contributed by atoms with Crippen molar-refractivity contribution in [3.8, 4) is 11.1 Å². The first-order valence-corrected chi connectivity index (χ1v) is 20.8. The van der Waals surface area contributed by atoms with Crippen molar-refractivity contribution in [3.05, 3.63) is 154 Å². The summed E-state index contributed by atoms with van der Waals surface area (Å²) in [6, 6.07) is 33.1. The lowest BCUT2D eigenvalue weighted by Crippen LogP contribution is -2.43. The minimum atomic E-state index is -0.300. The van der Waals surface area contributed by atoms with Crippen LogP contribution in [0.4, 0.5) is 0 Å². The summed E-state index contributed by atoms with van der Waals surface area (Å²) >= 11 is 0. The Kier molecular flexibility index (Phi) is 8.40. The highest BCUT2D eigenvalue weighted by Crippen LogP contribution is 2.51. The van der Waals surface area contributed by atoms with Crippen LogP contribution in [-0.2, 0) is 5.41 Å². The van der Waals surface area contributed by atoms with Crippen LogP contribution in [0, 0.1) is 17.8 Å².